The van der Waals surface area contributed by atoms with Crippen molar-refractivity contribution in [2.24, 2.45) is 0 Å². The van der Waals surface area contributed by atoms with Crippen LogP contribution in [-0.2, 0) is 9.53 Å². The Bertz CT molecular complexity index is 447. The molecule has 0 saturated carbocycles. The normalized spacial score (nSPS) is 11.6. The fourth-order valence-corrected chi connectivity index (χ4v) is 1.86. The van der Waals surface area contributed by atoms with Gasteiger partial charge >= 0.3 is 5.97 Å². The number of hydrogen-bond acceptors (Lipinski definition) is 3. The topological polar surface area (TPSA) is 35.5 Å². The van der Waals surface area contributed by atoms with Crippen molar-refractivity contribution in [1.82, 2.24) is 0 Å². The predicted molar refractivity (Wildman–Crippen MR) is 84.3 cm³/mol. The number of carbonyl (C=O) groups is 1. The van der Waals surface area contributed by atoms with Crippen LogP contribution < -0.4 is 4.74 Å². The van der Waals surface area contributed by atoms with E-state index in [4.69, 9.17) is 9.47 Å². The first-order valence-corrected chi connectivity index (χ1v) is 7.23. The zero-order valence-corrected chi connectivity index (χ0v) is 13.6. The van der Waals surface area contributed by atoms with Gasteiger partial charge in [0, 0.05) is 6.08 Å². The zero-order chi connectivity index (χ0) is 14.3. The Morgan fingerprint density at radius 2 is 2.00 bits per heavy atom. The minimum Gasteiger partial charge on any atom is -0.492 e. The monoisotopic (exact) mass is 374 g/mol. The van der Waals surface area contributed by atoms with Crippen LogP contribution >= 0.6 is 22.6 Å². The lowest BCUT2D eigenvalue weighted by Crippen LogP contribution is -2.22. The molecule has 4 heteroatoms. The van der Waals surface area contributed by atoms with Crippen LogP contribution in [0.2, 0.25) is 0 Å². The van der Waals surface area contributed by atoms with E-state index in [1.165, 1.54) is 6.08 Å². The van der Waals surface area contributed by atoms with Gasteiger partial charge in [0.15, 0.2) is 0 Å². The van der Waals surface area contributed by atoms with Crippen LogP contribution in [0.4, 0.5) is 0 Å². The molecule has 19 heavy (non-hydrogen) atoms. The van der Waals surface area contributed by atoms with Crippen molar-refractivity contribution < 1.29 is 14.3 Å². The highest BCUT2D eigenvalue weighted by molar-refractivity contribution is 14.1. The number of rotatable bonds is 5. The average Bonchev–Trinajstić information content (AvgIpc) is 2.28. The van der Waals surface area contributed by atoms with Crippen LogP contribution in [0.15, 0.2) is 36.4 Å². The molecule has 0 spiro atoms. The van der Waals surface area contributed by atoms with E-state index in [2.05, 4.69) is 22.6 Å². The van der Waals surface area contributed by atoms with E-state index in [1.54, 1.807) is 6.08 Å². The number of esters is 1. The lowest BCUT2D eigenvalue weighted by atomic mass is 10.2. The van der Waals surface area contributed by atoms with Crippen LogP contribution in [0.1, 0.15) is 27.2 Å². The molecule has 0 atom stereocenters. The first-order chi connectivity index (χ1) is 8.88. The molecule has 3 nitrogen and oxygen atoms in total. The highest BCUT2D eigenvalue weighted by atomic mass is 127. The van der Waals surface area contributed by atoms with E-state index >= 15 is 0 Å². The number of ether oxygens (including phenoxy) is 2. The smallest absolute Gasteiger partial charge is 0.330 e. The van der Waals surface area contributed by atoms with Crippen molar-refractivity contribution in [3.63, 3.8) is 0 Å². The summed E-state index contributed by atoms with van der Waals surface area (Å²) in [5.41, 5.74) is -0.446. The summed E-state index contributed by atoms with van der Waals surface area (Å²) in [6, 6.07) is 7.83. The van der Waals surface area contributed by atoms with Gasteiger partial charge in [-0.2, -0.15) is 0 Å². The predicted octanol–water partition coefficient (Wildman–Crippen LogP) is 3.96. The maximum atomic E-state index is 11.4. The average molecular weight is 374 g/mol. The Morgan fingerprint density at radius 1 is 1.32 bits per heavy atom. The SMILES string of the molecule is CC(C)(C)OC(=O)/C=C/CCOc1ccccc1I. The molecule has 104 valence electrons. The second-order valence-electron chi connectivity index (χ2n) is 5.00. The molecule has 1 aromatic carbocycles. The van der Waals surface area contributed by atoms with E-state index in [1.807, 2.05) is 45.0 Å². The largest absolute Gasteiger partial charge is 0.492 e. The summed E-state index contributed by atoms with van der Waals surface area (Å²) < 4.78 is 11.8. The minimum atomic E-state index is -0.446. The summed E-state index contributed by atoms with van der Waals surface area (Å²) >= 11 is 2.23. The number of para-hydroxylation sites is 1. The molecule has 0 radical (unpaired) electrons. The summed E-state index contributed by atoms with van der Waals surface area (Å²) in [5, 5.41) is 0. The van der Waals surface area contributed by atoms with Crippen LogP contribution in [0.25, 0.3) is 0 Å². The first kappa shape index (κ1) is 16.0. The molecule has 0 N–H and O–H groups in total. The molecule has 0 fully saturated rings. The third kappa shape index (κ3) is 7.20. The van der Waals surface area contributed by atoms with Gasteiger partial charge in [-0.25, -0.2) is 4.79 Å². The van der Waals surface area contributed by atoms with E-state index in [-0.39, 0.29) is 5.97 Å². The lowest BCUT2D eigenvalue weighted by molar-refractivity contribution is -0.148. The third-order valence-electron chi connectivity index (χ3n) is 2.04. The van der Waals surface area contributed by atoms with Crippen LogP contribution in [-0.4, -0.2) is 18.2 Å². The van der Waals surface area contributed by atoms with Gasteiger partial charge in [0.25, 0.3) is 0 Å². The summed E-state index contributed by atoms with van der Waals surface area (Å²) in [5.74, 6) is 0.551. The Balaban J connectivity index is 2.28. The van der Waals surface area contributed by atoms with Crippen molar-refractivity contribution in [3.05, 3.63) is 40.0 Å². The molecule has 0 aromatic heterocycles. The van der Waals surface area contributed by atoms with E-state index in [9.17, 15) is 4.79 Å². The van der Waals surface area contributed by atoms with E-state index in [0.717, 1.165) is 9.32 Å². The Morgan fingerprint density at radius 3 is 2.63 bits per heavy atom. The molecule has 0 aliphatic rings. The lowest BCUT2D eigenvalue weighted by Gasteiger charge is -2.17. The second-order valence-corrected chi connectivity index (χ2v) is 6.17. The van der Waals surface area contributed by atoms with Crippen molar-refractivity contribution in [2.75, 3.05) is 6.61 Å². The van der Waals surface area contributed by atoms with Gasteiger partial charge in [0.2, 0.25) is 0 Å². The van der Waals surface area contributed by atoms with Gasteiger partial charge in [0.1, 0.15) is 11.4 Å². The van der Waals surface area contributed by atoms with Crippen LogP contribution in [0.3, 0.4) is 0 Å². The molecule has 0 amide bonds. The maximum absolute atomic E-state index is 11.4. The molecule has 1 rings (SSSR count). The summed E-state index contributed by atoms with van der Waals surface area (Å²) in [6.45, 7) is 6.08. The fraction of sp³-hybridized carbons (Fsp3) is 0.400. The van der Waals surface area contributed by atoms with Gasteiger partial charge in [-0.1, -0.05) is 18.2 Å². The standard InChI is InChI=1S/C15H19IO3/c1-15(2,3)19-14(17)10-6-7-11-18-13-9-5-4-8-12(13)16/h4-6,8-10H,7,11H2,1-3H3/b10-6+. The van der Waals surface area contributed by atoms with Crippen molar-refractivity contribution >= 4 is 28.6 Å². The number of carbonyl (C=O) groups excluding carboxylic acids is 1. The van der Waals surface area contributed by atoms with Crippen LogP contribution in [0, 0.1) is 3.57 Å². The van der Waals surface area contributed by atoms with E-state index < -0.39 is 5.60 Å². The highest BCUT2D eigenvalue weighted by Crippen LogP contribution is 2.19. The first-order valence-electron chi connectivity index (χ1n) is 6.15. The molecule has 0 aliphatic heterocycles. The van der Waals surface area contributed by atoms with Crippen molar-refractivity contribution in [3.8, 4) is 5.75 Å². The minimum absolute atomic E-state index is 0.318. The summed E-state index contributed by atoms with van der Waals surface area (Å²) in [6.07, 6.45) is 3.89. The Kier molecular flexibility index (Phi) is 6.34. The van der Waals surface area contributed by atoms with Crippen molar-refractivity contribution in [1.29, 1.82) is 0 Å². The molecule has 0 bridgehead atoms. The quantitative estimate of drug-likeness (QED) is 0.339. The molecular formula is C15H19IO3. The van der Waals surface area contributed by atoms with Crippen molar-refractivity contribution in [2.45, 2.75) is 32.8 Å². The Labute approximate surface area is 128 Å². The van der Waals surface area contributed by atoms with Gasteiger partial charge in [-0.05, 0) is 61.9 Å². The molecule has 0 aliphatic carbocycles. The molecule has 1 aromatic rings. The molecule has 0 saturated heterocycles. The van der Waals surface area contributed by atoms with Gasteiger partial charge in [-0.15, -0.1) is 0 Å². The van der Waals surface area contributed by atoms with Crippen LogP contribution in [0.5, 0.6) is 5.75 Å². The third-order valence-corrected chi connectivity index (χ3v) is 2.93. The Hall–Kier alpha value is -1.04. The summed E-state index contributed by atoms with van der Waals surface area (Å²) in [4.78, 5) is 11.4. The number of hydrogen-bond donors (Lipinski definition) is 0. The second kappa shape index (κ2) is 7.53. The van der Waals surface area contributed by atoms with Gasteiger partial charge < -0.3 is 9.47 Å². The number of benzene rings is 1. The fourth-order valence-electron chi connectivity index (χ4n) is 1.31. The molecule has 0 unspecified atom stereocenters. The maximum Gasteiger partial charge on any atom is 0.330 e. The summed E-state index contributed by atoms with van der Waals surface area (Å²) in [7, 11) is 0. The molecular weight excluding hydrogens is 355 g/mol. The molecule has 0 heterocycles. The van der Waals surface area contributed by atoms with E-state index in [0.29, 0.717) is 13.0 Å². The highest BCUT2D eigenvalue weighted by Gasteiger charge is 2.13. The van der Waals surface area contributed by atoms with Gasteiger partial charge in [-0.3, -0.25) is 0 Å². The van der Waals surface area contributed by atoms with Gasteiger partial charge in [0.05, 0.1) is 10.2 Å². The number of halogens is 1. The zero-order valence-electron chi connectivity index (χ0n) is 11.5.